The molecule has 0 unspecified atom stereocenters. The third kappa shape index (κ3) is 10.9. The molecule has 1 rings (SSSR count). The second-order valence-corrected chi connectivity index (χ2v) is 6.70. The average Bonchev–Trinajstić information content (AvgIpc) is 3.16. The summed E-state index contributed by atoms with van der Waals surface area (Å²) in [4.78, 5) is 9.07. The first-order chi connectivity index (χ1) is 12.0. The molecule has 146 valence electrons. The molecule has 0 aliphatic carbocycles. The van der Waals surface area contributed by atoms with Crippen molar-refractivity contribution in [1.29, 1.82) is 0 Å². The molecule has 1 aromatic rings. The molecule has 0 aliphatic heterocycles. The second-order valence-electron chi connectivity index (χ2n) is 6.70. The van der Waals surface area contributed by atoms with E-state index in [4.69, 9.17) is 0 Å². The van der Waals surface area contributed by atoms with Crippen LogP contribution in [-0.4, -0.2) is 45.8 Å². The zero-order valence-electron chi connectivity index (χ0n) is 16.6. The number of quaternary nitrogens is 1. The number of rotatable bonds is 13. The van der Waals surface area contributed by atoms with Gasteiger partial charge in [0, 0.05) is 0 Å². The van der Waals surface area contributed by atoms with Crippen LogP contribution in [0.25, 0.3) is 0 Å². The molecule has 0 bridgehead atoms. The predicted molar refractivity (Wildman–Crippen MR) is 101 cm³/mol. The minimum absolute atomic E-state index is 0.315. The van der Waals surface area contributed by atoms with E-state index in [2.05, 4.69) is 43.1 Å². The van der Waals surface area contributed by atoms with E-state index in [0.29, 0.717) is 0 Å². The van der Waals surface area contributed by atoms with Gasteiger partial charge in [-0.15, -0.1) is 5.10 Å². The molecule has 0 saturated heterocycles. The Balaban J connectivity index is 0.000000593. The van der Waals surface area contributed by atoms with Gasteiger partial charge < -0.3 is 24.9 Å². The van der Waals surface area contributed by atoms with Crippen LogP contribution in [0.15, 0.2) is 6.20 Å². The largest absolute Gasteiger partial charge is 0.372 e. The van der Waals surface area contributed by atoms with Gasteiger partial charge in [0.05, 0.1) is 26.2 Å². The lowest BCUT2D eigenvalue weighted by molar-refractivity contribution is -0.929. The summed E-state index contributed by atoms with van der Waals surface area (Å²) in [5.41, 5.74) is 0. The van der Waals surface area contributed by atoms with E-state index in [1.807, 2.05) is 0 Å². The monoisotopic (exact) mass is 355 g/mol. The number of unbranched alkanes of at least 4 members (excludes halogenated alkanes) is 4. The van der Waals surface area contributed by atoms with Crippen molar-refractivity contribution in [3.05, 3.63) is 16.3 Å². The lowest BCUT2D eigenvalue weighted by Crippen LogP contribution is -2.50. The first-order valence-corrected chi connectivity index (χ1v) is 9.85. The molecular formula is C18H37N5O2. The summed E-state index contributed by atoms with van der Waals surface area (Å²) in [7, 11) is 0. The van der Waals surface area contributed by atoms with Crippen molar-refractivity contribution in [3.63, 3.8) is 0 Å². The molecule has 0 atom stereocenters. The highest BCUT2D eigenvalue weighted by atomic mass is 16.6. The van der Waals surface area contributed by atoms with Crippen molar-refractivity contribution >= 4 is 5.82 Å². The smallest absolute Gasteiger partial charge is 0.366 e. The summed E-state index contributed by atoms with van der Waals surface area (Å²) in [6, 6.07) is 0. The Morgan fingerprint density at radius 1 is 0.920 bits per heavy atom. The van der Waals surface area contributed by atoms with E-state index in [0.717, 1.165) is 6.20 Å². The van der Waals surface area contributed by atoms with Crippen LogP contribution in [0.5, 0.6) is 0 Å². The van der Waals surface area contributed by atoms with Crippen LogP contribution >= 0.6 is 0 Å². The van der Waals surface area contributed by atoms with E-state index in [-0.39, 0.29) is 5.82 Å². The van der Waals surface area contributed by atoms with Gasteiger partial charge in [0.2, 0.25) is 0 Å². The van der Waals surface area contributed by atoms with E-state index in [1.54, 1.807) is 0 Å². The molecule has 0 aliphatic rings. The van der Waals surface area contributed by atoms with Crippen molar-refractivity contribution in [3.8, 4) is 0 Å². The number of nitrogens with zero attached hydrogens (tertiary/aromatic N) is 5. The van der Waals surface area contributed by atoms with Gasteiger partial charge in [-0.1, -0.05) is 53.4 Å². The lowest BCUT2D eigenvalue weighted by atomic mass is 10.1. The number of aromatic nitrogens is 3. The number of hydrogen-bond acceptors (Lipinski definition) is 4. The molecule has 1 heterocycles. The summed E-state index contributed by atoms with van der Waals surface area (Å²) in [6.07, 6.45) is 12.0. The Bertz CT molecular complexity index is 386. The highest BCUT2D eigenvalue weighted by Crippen LogP contribution is 2.16. The van der Waals surface area contributed by atoms with Crippen molar-refractivity contribution in [2.24, 2.45) is 0 Å². The fourth-order valence-electron chi connectivity index (χ4n) is 2.90. The average molecular weight is 356 g/mol. The third-order valence-electron chi connectivity index (χ3n) is 4.50. The van der Waals surface area contributed by atoms with Crippen molar-refractivity contribution in [1.82, 2.24) is 15.4 Å². The van der Waals surface area contributed by atoms with Gasteiger partial charge in [0.25, 0.3) is 0 Å². The Labute approximate surface area is 152 Å². The summed E-state index contributed by atoms with van der Waals surface area (Å²) in [5.74, 6) is -0.315. The predicted octanol–water partition coefficient (Wildman–Crippen LogP) is 4.35. The first-order valence-electron chi connectivity index (χ1n) is 9.85. The van der Waals surface area contributed by atoms with Gasteiger partial charge >= 0.3 is 5.82 Å². The van der Waals surface area contributed by atoms with Gasteiger partial charge in [-0.2, -0.15) is 0 Å². The second kappa shape index (κ2) is 14.8. The van der Waals surface area contributed by atoms with E-state index in [1.165, 1.54) is 82.0 Å². The Morgan fingerprint density at radius 2 is 1.32 bits per heavy atom. The van der Waals surface area contributed by atoms with Crippen LogP contribution in [-0.2, 0) is 0 Å². The SMILES string of the molecule is CCCC[N+](CCCC)(CCCC)CCCC.O=[N+]([O-])c1cn[n-]n1. The van der Waals surface area contributed by atoms with Crippen molar-refractivity contribution in [2.45, 2.75) is 79.1 Å². The molecular weight excluding hydrogens is 318 g/mol. The molecule has 25 heavy (non-hydrogen) atoms. The van der Waals surface area contributed by atoms with Crippen LogP contribution in [0.4, 0.5) is 5.82 Å². The molecule has 0 saturated carbocycles. The van der Waals surface area contributed by atoms with E-state index in [9.17, 15) is 10.1 Å². The molecule has 7 nitrogen and oxygen atoms in total. The van der Waals surface area contributed by atoms with Gasteiger partial charge in [-0.05, 0) is 30.6 Å². The number of hydrogen-bond donors (Lipinski definition) is 0. The highest BCUT2D eigenvalue weighted by molar-refractivity contribution is 5.06. The zero-order valence-corrected chi connectivity index (χ0v) is 16.6. The molecule has 0 amide bonds. The zero-order chi connectivity index (χ0) is 19.0. The quantitative estimate of drug-likeness (QED) is 0.298. The van der Waals surface area contributed by atoms with Crippen LogP contribution < -0.4 is 5.21 Å². The molecule has 0 aromatic carbocycles. The molecule has 0 radical (unpaired) electrons. The first kappa shape index (κ1) is 23.5. The van der Waals surface area contributed by atoms with E-state index >= 15 is 0 Å². The maximum absolute atomic E-state index is 9.73. The Hall–Kier alpha value is -1.50. The topological polar surface area (TPSA) is 83.0 Å². The Morgan fingerprint density at radius 3 is 1.52 bits per heavy atom. The van der Waals surface area contributed by atoms with Gasteiger partial charge in [-0.25, -0.2) is 0 Å². The molecule has 0 spiro atoms. The van der Waals surface area contributed by atoms with Crippen LogP contribution in [0, 0.1) is 10.1 Å². The normalized spacial score (nSPS) is 11.0. The minimum atomic E-state index is -0.653. The van der Waals surface area contributed by atoms with Crippen LogP contribution in [0.2, 0.25) is 0 Å². The summed E-state index contributed by atoms with van der Waals surface area (Å²) < 4.78 is 1.42. The lowest BCUT2D eigenvalue weighted by Gasteiger charge is -2.39. The summed E-state index contributed by atoms with van der Waals surface area (Å²) in [5, 5.41) is 18.9. The maximum Gasteiger partial charge on any atom is 0.366 e. The summed E-state index contributed by atoms with van der Waals surface area (Å²) in [6.45, 7) is 15.0. The van der Waals surface area contributed by atoms with Crippen molar-refractivity contribution < 1.29 is 9.41 Å². The van der Waals surface area contributed by atoms with Crippen LogP contribution in [0.3, 0.4) is 0 Å². The molecule has 1 aromatic heterocycles. The van der Waals surface area contributed by atoms with Gasteiger partial charge in [-0.3, -0.25) is 0 Å². The van der Waals surface area contributed by atoms with Crippen molar-refractivity contribution in [2.75, 3.05) is 26.2 Å². The number of nitro groups is 1. The maximum atomic E-state index is 9.73. The molecule has 0 N–H and O–H groups in total. The molecule has 7 heteroatoms. The Kier molecular flexibility index (Phi) is 13.9. The minimum Gasteiger partial charge on any atom is -0.372 e. The fourth-order valence-corrected chi connectivity index (χ4v) is 2.90. The standard InChI is InChI=1S/C16H36N.C2HN4O2/c1-5-9-13-17(14-10-6-2,15-11-7-3)16-12-8-4;7-6(8)2-1-3-5-4-2/h5-16H2,1-4H3;1H/q+1;-1. The third-order valence-corrected chi connectivity index (χ3v) is 4.50. The highest BCUT2D eigenvalue weighted by Gasteiger charge is 2.24. The van der Waals surface area contributed by atoms with Crippen LogP contribution in [0.1, 0.15) is 79.1 Å². The van der Waals surface area contributed by atoms with Gasteiger partial charge in [0.1, 0.15) is 6.20 Å². The van der Waals surface area contributed by atoms with Gasteiger partial charge in [0.15, 0.2) is 0 Å². The van der Waals surface area contributed by atoms with E-state index < -0.39 is 4.92 Å². The molecule has 0 fully saturated rings. The summed E-state index contributed by atoms with van der Waals surface area (Å²) >= 11 is 0. The fraction of sp³-hybridized carbons (Fsp3) is 0.889.